The summed E-state index contributed by atoms with van der Waals surface area (Å²) >= 11 is 6.05. The van der Waals surface area contributed by atoms with Gasteiger partial charge in [0.05, 0.1) is 12.7 Å². The standard InChI is InChI=1S/C26H20ClN3O3/c1-16-25(26(31)24-12-11-23(33-24)21-4-3-13-28-29-21)20-14-19(32-2)9-10-22(20)30(16)15-17-5-7-18(27)8-6-17/h3-14H,15H2,1-2H3. The molecule has 164 valence electrons. The first-order valence-electron chi connectivity index (χ1n) is 10.4. The summed E-state index contributed by atoms with van der Waals surface area (Å²) in [6.07, 6.45) is 1.59. The van der Waals surface area contributed by atoms with Gasteiger partial charge in [0.1, 0.15) is 11.4 Å². The highest BCUT2D eigenvalue weighted by molar-refractivity contribution is 6.30. The first-order chi connectivity index (χ1) is 16.0. The van der Waals surface area contributed by atoms with Gasteiger partial charge in [-0.05, 0) is 67.1 Å². The lowest BCUT2D eigenvalue weighted by molar-refractivity contribution is 0.101. The van der Waals surface area contributed by atoms with Crippen molar-refractivity contribution < 1.29 is 13.9 Å². The molecule has 0 saturated carbocycles. The molecule has 3 aromatic heterocycles. The van der Waals surface area contributed by atoms with Gasteiger partial charge >= 0.3 is 0 Å². The molecule has 3 heterocycles. The Bertz CT molecular complexity index is 1450. The molecule has 0 radical (unpaired) electrons. The van der Waals surface area contributed by atoms with Crippen molar-refractivity contribution in [3.8, 4) is 17.2 Å². The average molecular weight is 458 g/mol. The van der Waals surface area contributed by atoms with Crippen LogP contribution in [0.1, 0.15) is 27.4 Å². The number of methoxy groups -OCH3 is 1. The van der Waals surface area contributed by atoms with E-state index in [0.717, 1.165) is 22.2 Å². The van der Waals surface area contributed by atoms with Gasteiger partial charge in [0, 0.05) is 34.4 Å². The number of ether oxygens (including phenoxy) is 1. The van der Waals surface area contributed by atoms with Crippen molar-refractivity contribution in [1.29, 1.82) is 0 Å². The molecule has 0 amide bonds. The largest absolute Gasteiger partial charge is 0.497 e. The predicted octanol–water partition coefficient (Wildman–Crippen LogP) is 5.94. The minimum absolute atomic E-state index is 0.198. The molecule has 0 aliphatic carbocycles. The van der Waals surface area contributed by atoms with Crippen molar-refractivity contribution in [3.05, 3.63) is 101 Å². The second-order valence-electron chi connectivity index (χ2n) is 7.66. The van der Waals surface area contributed by atoms with Gasteiger partial charge in [0.15, 0.2) is 11.5 Å². The second kappa shape index (κ2) is 8.56. The number of ketones is 1. The molecule has 0 spiro atoms. The smallest absolute Gasteiger partial charge is 0.230 e. The van der Waals surface area contributed by atoms with Crippen LogP contribution in [0, 0.1) is 6.92 Å². The number of hydrogen-bond donors (Lipinski definition) is 0. The van der Waals surface area contributed by atoms with Crippen LogP contribution in [0.5, 0.6) is 5.75 Å². The number of benzene rings is 2. The zero-order valence-electron chi connectivity index (χ0n) is 18.1. The van der Waals surface area contributed by atoms with Crippen LogP contribution < -0.4 is 4.74 Å². The SMILES string of the molecule is COc1ccc2c(c1)c(C(=O)c1ccc(-c3cccnn3)o1)c(C)n2Cc1ccc(Cl)cc1. The molecule has 0 unspecified atom stereocenters. The van der Waals surface area contributed by atoms with E-state index in [1.165, 1.54) is 0 Å². The van der Waals surface area contributed by atoms with Gasteiger partial charge in [-0.2, -0.15) is 5.10 Å². The number of halogens is 1. The molecule has 0 aliphatic rings. The summed E-state index contributed by atoms with van der Waals surface area (Å²) in [4.78, 5) is 13.6. The van der Waals surface area contributed by atoms with Crippen molar-refractivity contribution in [3.63, 3.8) is 0 Å². The van der Waals surface area contributed by atoms with Crippen molar-refractivity contribution in [2.24, 2.45) is 0 Å². The Balaban J connectivity index is 1.61. The fourth-order valence-corrected chi connectivity index (χ4v) is 4.13. The molecule has 0 fully saturated rings. The lowest BCUT2D eigenvalue weighted by atomic mass is 10.0. The molecule has 0 bridgehead atoms. The molecule has 33 heavy (non-hydrogen) atoms. The third-order valence-corrected chi connectivity index (χ3v) is 5.92. The number of furan rings is 1. The molecule has 5 aromatic rings. The van der Waals surface area contributed by atoms with Gasteiger partial charge in [-0.1, -0.05) is 23.7 Å². The molecule has 2 aromatic carbocycles. The number of nitrogens with zero attached hydrogens (tertiary/aromatic N) is 3. The maximum Gasteiger partial charge on any atom is 0.230 e. The first kappa shape index (κ1) is 21.0. The quantitative estimate of drug-likeness (QED) is 0.295. The number of hydrogen-bond acceptors (Lipinski definition) is 5. The van der Waals surface area contributed by atoms with E-state index in [0.29, 0.717) is 34.3 Å². The van der Waals surface area contributed by atoms with E-state index in [4.69, 9.17) is 20.8 Å². The van der Waals surface area contributed by atoms with Crippen LogP contribution >= 0.6 is 11.6 Å². The fourth-order valence-electron chi connectivity index (χ4n) is 4.00. The van der Waals surface area contributed by atoms with Crippen LogP contribution in [0.3, 0.4) is 0 Å². The van der Waals surface area contributed by atoms with Crippen LogP contribution in [0.15, 0.2) is 77.3 Å². The van der Waals surface area contributed by atoms with Crippen molar-refractivity contribution in [1.82, 2.24) is 14.8 Å². The van der Waals surface area contributed by atoms with E-state index in [9.17, 15) is 4.79 Å². The Morgan fingerprint density at radius 1 is 1.09 bits per heavy atom. The molecule has 5 rings (SSSR count). The predicted molar refractivity (Wildman–Crippen MR) is 127 cm³/mol. The highest BCUT2D eigenvalue weighted by Gasteiger charge is 2.24. The Kier molecular flexibility index (Phi) is 5.44. The molecular weight excluding hydrogens is 438 g/mol. The van der Waals surface area contributed by atoms with Crippen LogP contribution in [0.2, 0.25) is 5.02 Å². The Morgan fingerprint density at radius 2 is 1.91 bits per heavy atom. The summed E-state index contributed by atoms with van der Waals surface area (Å²) in [6.45, 7) is 2.55. The molecular formula is C26H20ClN3O3. The Morgan fingerprint density at radius 3 is 2.64 bits per heavy atom. The van der Waals surface area contributed by atoms with Crippen LogP contribution in [0.4, 0.5) is 0 Å². The maximum atomic E-state index is 13.6. The lowest BCUT2D eigenvalue weighted by Gasteiger charge is -2.09. The summed E-state index contributed by atoms with van der Waals surface area (Å²) in [7, 11) is 1.61. The molecule has 7 heteroatoms. The summed E-state index contributed by atoms with van der Waals surface area (Å²) < 4.78 is 13.4. The van der Waals surface area contributed by atoms with E-state index in [2.05, 4.69) is 14.8 Å². The molecule has 0 saturated heterocycles. The third-order valence-electron chi connectivity index (χ3n) is 5.67. The normalized spacial score (nSPS) is 11.1. The number of rotatable bonds is 6. The van der Waals surface area contributed by atoms with Gasteiger partial charge in [-0.3, -0.25) is 4.79 Å². The van der Waals surface area contributed by atoms with Gasteiger partial charge in [-0.15, -0.1) is 5.10 Å². The summed E-state index contributed by atoms with van der Waals surface area (Å²) in [5.74, 6) is 1.22. The third kappa shape index (κ3) is 3.90. The highest BCUT2D eigenvalue weighted by Crippen LogP contribution is 2.33. The van der Waals surface area contributed by atoms with E-state index >= 15 is 0 Å². The van der Waals surface area contributed by atoms with E-state index in [-0.39, 0.29) is 11.5 Å². The first-order valence-corrected chi connectivity index (χ1v) is 10.8. The number of fused-ring (bicyclic) bond motifs is 1. The van der Waals surface area contributed by atoms with Crippen LogP contribution in [0.25, 0.3) is 22.4 Å². The van der Waals surface area contributed by atoms with Crippen LogP contribution in [-0.2, 0) is 6.54 Å². The monoisotopic (exact) mass is 457 g/mol. The number of carbonyl (C=O) groups is 1. The molecule has 6 nitrogen and oxygen atoms in total. The average Bonchev–Trinajstić information content (AvgIpc) is 3.44. The zero-order chi connectivity index (χ0) is 22.9. The van der Waals surface area contributed by atoms with Gasteiger partial charge in [-0.25, -0.2) is 0 Å². The molecule has 0 aliphatic heterocycles. The zero-order valence-corrected chi connectivity index (χ0v) is 18.8. The minimum Gasteiger partial charge on any atom is -0.497 e. The molecule has 0 atom stereocenters. The van der Waals surface area contributed by atoms with Gasteiger partial charge < -0.3 is 13.7 Å². The second-order valence-corrected chi connectivity index (χ2v) is 8.09. The van der Waals surface area contributed by atoms with Crippen molar-refractivity contribution >= 4 is 28.3 Å². The lowest BCUT2D eigenvalue weighted by Crippen LogP contribution is -2.05. The van der Waals surface area contributed by atoms with E-state index in [1.807, 2.05) is 49.4 Å². The van der Waals surface area contributed by atoms with Crippen molar-refractivity contribution in [2.45, 2.75) is 13.5 Å². The van der Waals surface area contributed by atoms with Gasteiger partial charge in [0.2, 0.25) is 5.78 Å². The van der Waals surface area contributed by atoms with E-state index in [1.54, 1.807) is 37.6 Å². The Hall–Kier alpha value is -3.90. The Labute approximate surface area is 195 Å². The topological polar surface area (TPSA) is 70.2 Å². The van der Waals surface area contributed by atoms with Gasteiger partial charge in [0.25, 0.3) is 0 Å². The number of carbonyl (C=O) groups excluding carboxylic acids is 1. The van der Waals surface area contributed by atoms with Crippen LogP contribution in [-0.4, -0.2) is 27.7 Å². The summed E-state index contributed by atoms with van der Waals surface area (Å²) in [5, 5.41) is 9.43. The van der Waals surface area contributed by atoms with Crippen molar-refractivity contribution in [2.75, 3.05) is 7.11 Å². The summed E-state index contributed by atoms with van der Waals surface area (Å²) in [5.41, 5.74) is 4.01. The maximum absolute atomic E-state index is 13.6. The highest BCUT2D eigenvalue weighted by atomic mass is 35.5. The number of aromatic nitrogens is 3. The summed E-state index contributed by atoms with van der Waals surface area (Å²) in [6, 6.07) is 20.4. The minimum atomic E-state index is -0.198. The fraction of sp³-hybridized carbons (Fsp3) is 0.115. The van der Waals surface area contributed by atoms with E-state index < -0.39 is 0 Å². The molecule has 0 N–H and O–H groups in total.